The molecule has 0 saturated carbocycles. The van der Waals surface area contributed by atoms with Gasteiger partial charge in [0.05, 0.1) is 0 Å². The third kappa shape index (κ3) is 5.92. The number of thioether (sulfide) groups is 1. The number of amides is 1. The van der Waals surface area contributed by atoms with Crippen LogP contribution in [0.2, 0.25) is 0 Å². The molecule has 1 fully saturated rings. The Hall–Kier alpha value is -3.33. The van der Waals surface area contributed by atoms with E-state index in [9.17, 15) is 14.0 Å². The molecule has 0 aliphatic carbocycles. The zero-order valence-electron chi connectivity index (χ0n) is 18.4. The second-order valence-electron chi connectivity index (χ2n) is 7.76. The summed E-state index contributed by atoms with van der Waals surface area (Å²) in [4.78, 5) is 30.1. The lowest BCUT2D eigenvalue weighted by Crippen LogP contribution is -2.47. The molecule has 0 radical (unpaired) electrons. The topological polar surface area (TPSA) is 70.5 Å². The van der Waals surface area contributed by atoms with E-state index in [4.69, 9.17) is 0 Å². The Bertz CT molecular complexity index is 1140. The second-order valence-corrected chi connectivity index (χ2v) is 8.64. The third-order valence-electron chi connectivity index (χ3n) is 5.59. The molecule has 172 valence electrons. The van der Waals surface area contributed by atoms with Gasteiger partial charge in [0, 0.05) is 49.4 Å². The first kappa shape index (κ1) is 22.8. The fraction of sp³-hybridized carbons (Fsp3) is 0.292. The zero-order chi connectivity index (χ0) is 23.2. The lowest BCUT2D eigenvalue weighted by molar-refractivity contribution is -0.122. The van der Waals surface area contributed by atoms with E-state index in [0.29, 0.717) is 25.5 Å². The minimum Gasteiger partial charge on any atom is -0.368 e. The predicted octanol–water partition coefficient (Wildman–Crippen LogP) is 2.75. The van der Waals surface area contributed by atoms with Gasteiger partial charge in [-0.2, -0.15) is 5.10 Å². The molecule has 9 heteroatoms. The summed E-state index contributed by atoms with van der Waals surface area (Å²) in [6, 6.07) is 17.6. The zero-order valence-corrected chi connectivity index (χ0v) is 19.2. The van der Waals surface area contributed by atoms with Crippen molar-refractivity contribution >= 4 is 29.2 Å². The maximum atomic E-state index is 13.2. The predicted molar refractivity (Wildman–Crippen MR) is 129 cm³/mol. The molecule has 3 aromatic rings. The largest absolute Gasteiger partial charge is 0.368 e. The molecule has 1 aliphatic heterocycles. The molecule has 1 amide bonds. The number of piperazine rings is 1. The quantitative estimate of drug-likeness (QED) is 0.539. The summed E-state index contributed by atoms with van der Waals surface area (Å²) in [7, 11) is 0. The number of nitrogens with one attached hydrogen (secondary N) is 1. The van der Waals surface area contributed by atoms with Crippen LogP contribution in [0.5, 0.6) is 0 Å². The molecule has 1 saturated heterocycles. The summed E-state index contributed by atoms with van der Waals surface area (Å²) in [5, 5.41) is 7.27. The number of hydrogen-bond donors (Lipinski definition) is 1. The standard InChI is InChI=1S/C24H26FN5O2S/c1-33-21-8-2-18(3-9-21)16-26-23(31)17-30-24(32)11-10-22(27-30)29-14-12-28(13-15-29)20-6-4-19(25)5-7-20/h2-11H,12-17H2,1H3,(H,26,31). The van der Waals surface area contributed by atoms with Gasteiger partial charge in [0.15, 0.2) is 0 Å². The number of aromatic nitrogens is 2. The summed E-state index contributed by atoms with van der Waals surface area (Å²) in [5.41, 5.74) is 1.66. The highest BCUT2D eigenvalue weighted by atomic mass is 32.2. The normalized spacial score (nSPS) is 13.8. The number of nitrogens with zero attached hydrogens (tertiary/aromatic N) is 4. The molecule has 1 aromatic heterocycles. The highest BCUT2D eigenvalue weighted by Crippen LogP contribution is 2.19. The molecular weight excluding hydrogens is 441 g/mol. The van der Waals surface area contributed by atoms with Gasteiger partial charge >= 0.3 is 0 Å². The molecule has 1 N–H and O–H groups in total. The molecule has 4 rings (SSSR count). The second kappa shape index (κ2) is 10.5. The van der Waals surface area contributed by atoms with Gasteiger partial charge in [0.1, 0.15) is 18.2 Å². The van der Waals surface area contributed by atoms with Gasteiger partial charge in [0.2, 0.25) is 5.91 Å². The maximum Gasteiger partial charge on any atom is 0.267 e. The summed E-state index contributed by atoms with van der Waals surface area (Å²) < 4.78 is 14.4. The lowest BCUT2D eigenvalue weighted by Gasteiger charge is -2.36. The van der Waals surface area contributed by atoms with E-state index in [-0.39, 0.29) is 23.8 Å². The summed E-state index contributed by atoms with van der Waals surface area (Å²) in [6.45, 7) is 3.19. The van der Waals surface area contributed by atoms with Gasteiger partial charge in [-0.25, -0.2) is 9.07 Å². The van der Waals surface area contributed by atoms with Crippen molar-refractivity contribution in [2.24, 2.45) is 0 Å². The molecule has 0 atom stereocenters. The lowest BCUT2D eigenvalue weighted by atomic mass is 10.2. The van der Waals surface area contributed by atoms with Gasteiger partial charge in [-0.1, -0.05) is 12.1 Å². The molecule has 0 bridgehead atoms. The summed E-state index contributed by atoms with van der Waals surface area (Å²) >= 11 is 1.66. The number of carbonyl (C=O) groups is 1. The van der Waals surface area contributed by atoms with Crippen molar-refractivity contribution in [1.29, 1.82) is 0 Å². The van der Waals surface area contributed by atoms with Crippen molar-refractivity contribution in [3.63, 3.8) is 0 Å². The molecule has 0 unspecified atom stereocenters. The van der Waals surface area contributed by atoms with Crippen LogP contribution in [0.1, 0.15) is 5.56 Å². The Kier molecular flexibility index (Phi) is 7.29. The molecule has 0 spiro atoms. The monoisotopic (exact) mass is 467 g/mol. The number of benzene rings is 2. The average molecular weight is 468 g/mol. The van der Waals surface area contributed by atoms with Crippen molar-refractivity contribution in [1.82, 2.24) is 15.1 Å². The highest BCUT2D eigenvalue weighted by Gasteiger charge is 2.19. The fourth-order valence-corrected chi connectivity index (χ4v) is 4.11. The summed E-state index contributed by atoms with van der Waals surface area (Å²) in [6.07, 6.45) is 2.01. The van der Waals surface area contributed by atoms with Crippen LogP contribution < -0.4 is 20.7 Å². The number of anilines is 2. The Labute approximate surface area is 196 Å². The van der Waals surface area contributed by atoms with Crippen LogP contribution in [0.3, 0.4) is 0 Å². The minimum atomic E-state index is -0.317. The average Bonchev–Trinajstić information content (AvgIpc) is 2.85. The van der Waals surface area contributed by atoms with Crippen LogP contribution >= 0.6 is 11.8 Å². The van der Waals surface area contributed by atoms with Crippen LogP contribution in [0, 0.1) is 5.82 Å². The highest BCUT2D eigenvalue weighted by molar-refractivity contribution is 7.98. The first-order chi connectivity index (χ1) is 16.0. The minimum absolute atomic E-state index is 0.134. The van der Waals surface area contributed by atoms with E-state index in [1.807, 2.05) is 30.5 Å². The van der Waals surface area contributed by atoms with Crippen LogP contribution in [-0.2, 0) is 17.9 Å². The molecule has 2 heterocycles. The number of rotatable bonds is 7. The van der Waals surface area contributed by atoms with Gasteiger partial charge in [0.25, 0.3) is 5.56 Å². The number of carbonyl (C=O) groups excluding carboxylic acids is 1. The number of hydrogen-bond acceptors (Lipinski definition) is 6. The molecule has 2 aromatic carbocycles. The Morgan fingerprint density at radius 3 is 2.30 bits per heavy atom. The summed E-state index contributed by atoms with van der Waals surface area (Å²) in [5.74, 6) is 0.145. The van der Waals surface area contributed by atoms with E-state index in [1.54, 1.807) is 30.0 Å². The Balaban J connectivity index is 1.34. The molecule has 33 heavy (non-hydrogen) atoms. The van der Waals surface area contributed by atoms with E-state index in [2.05, 4.69) is 20.2 Å². The first-order valence-electron chi connectivity index (χ1n) is 10.7. The van der Waals surface area contributed by atoms with Crippen molar-refractivity contribution in [3.8, 4) is 0 Å². The maximum absolute atomic E-state index is 13.2. The molecular formula is C24H26FN5O2S. The SMILES string of the molecule is CSc1ccc(CNC(=O)Cn2nc(N3CCN(c4ccc(F)cc4)CC3)ccc2=O)cc1. The number of halogens is 1. The van der Waals surface area contributed by atoms with Crippen LogP contribution in [0.25, 0.3) is 0 Å². The first-order valence-corrected chi connectivity index (χ1v) is 12.0. The van der Waals surface area contributed by atoms with Crippen LogP contribution in [-0.4, -0.2) is 48.1 Å². The molecule has 7 nitrogen and oxygen atoms in total. The fourth-order valence-electron chi connectivity index (χ4n) is 3.70. The van der Waals surface area contributed by atoms with Crippen LogP contribution in [0.15, 0.2) is 70.4 Å². The van der Waals surface area contributed by atoms with Gasteiger partial charge in [-0.15, -0.1) is 11.8 Å². The van der Waals surface area contributed by atoms with Crippen molar-refractivity contribution in [2.45, 2.75) is 18.0 Å². The van der Waals surface area contributed by atoms with Crippen molar-refractivity contribution < 1.29 is 9.18 Å². The third-order valence-corrected chi connectivity index (χ3v) is 6.33. The van der Waals surface area contributed by atoms with Gasteiger partial charge in [-0.05, 0) is 54.3 Å². The van der Waals surface area contributed by atoms with Crippen molar-refractivity contribution in [2.75, 3.05) is 42.2 Å². The van der Waals surface area contributed by atoms with Crippen LogP contribution in [0.4, 0.5) is 15.9 Å². The van der Waals surface area contributed by atoms with E-state index in [0.717, 1.165) is 29.2 Å². The molecule has 1 aliphatic rings. The van der Waals surface area contributed by atoms with Gasteiger partial charge < -0.3 is 15.1 Å². The van der Waals surface area contributed by atoms with Gasteiger partial charge in [-0.3, -0.25) is 9.59 Å². The smallest absolute Gasteiger partial charge is 0.267 e. The van der Waals surface area contributed by atoms with E-state index < -0.39 is 0 Å². The Morgan fingerprint density at radius 2 is 1.64 bits per heavy atom. The van der Waals surface area contributed by atoms with Crippen molar-refractivity contribution in [3.05, 3.63) is 82.4 Å². The van der Waals surface area contributed by atoms with E-state index in [1.165, 1.54) is 22.9 Å². The Morgan fingerprint density at radius 1 is 0.970 bits per heavy atom. The van der Waals surface area contributed by atoms with E-state index >= 15 is 0 Å².